The Morgan fingerprint density at radius 3 is 2.70 bits per heavy atom. The molecule has 3 fully saturated rings. The largest absolute Gasteiger partial charge is 0.481 e. The van der Waals surface area contributed by atoms with Crippen LogP contribution in [0.3, 0.4) is 0 Å². The van der Waals surface area contributed by atoms with Gasteiger partial charge in [0.2, 0.25) is 11.8 Å². The molecule has 1 aromatic rings. The van der Waals surface area contributed by atoms with E-state index >= 15 is 0 Å². The fourth-order valence-electron chi connectivity index (χ4n) is 4.12. The summed E-state index contributed by atoms with van der Waals surface area (Å²) in [5, 5.41) is 0. The molecule has 2 aliphatic heterocycles. The standard InChI is InChI=1S/C20H28N4O3/c1-27-18-6-5-16(13-21-18)19(25)23-9-2-8-22(11-12-23)17-7-10-24(20(17)26)14-15-3-4-15/h5-6,13,15,17H,2-4,7-12,14H2,1H3/t17-/m1/s1. The van der Waals surface area contributed by atoms with E-state index in [1.165, 1.54) is 12.8 Å². The van der Waals surface area contributed by atoms with Gasteiger partial charge in [-0.25, -0.2) is 4.98 Å². The molecule has 3 heterocycles. The quantitative estimate of drug-likeness (QED) is 0.778. The molecule has 0 bridgehead atoms. The first-order chi connectivity index (χ1) is 13.2. The average Bonchev–Trinajstić information content (AvgIpc) is 3.48. The second-order valence-corrected chi connectivity index (χ2v) is 7.80. The first-order valence-electron chi connectivity index (χ1n) is 9.98. The lowest BCUT2D eigenvalue weighted by atomic mass is 10.2. The summed E-state index contributed by atoms with van der Waals surface area (Å²) in [5.41, 5.74) is 0.580. The average molecular weight is 372 g/mol. The third-order valence-electron chi connectivity index (χ3n) is 5.90. The lowest BCUT2D eigenvalue weighted by molar-refractivity contribution is -0.132. The number of carbonyl (C=O) groups excluding carboxylic acids is 2. The minimum absolute atomic E-state index is 0.000103. The second kappa shape index (κ2) is 7.84. The van der Waals surface area contributed by atoms with E-state index in [4.69, 9.17) is 4.74 Å². The number of rotatable bonds is 5. The third kappa shape index (κ3) is 4.08. The Labute approximate surface area is 160 Å². The Bertz CT molecular complexity index is 689. The highest BCUT2D eigenvalue weighted by Gasteiger charge is 2.38. The number of likely N-dealkylation sites (tertiary alicyclic amines) is 1. The summed E-state index contributed by atoms with van der Waals surface area (Å²) in [6, 6.07) is 3.47. The van der Waals surface area contributed by atoms with Crippen LogP contribution in [-0.4, -0.2) is 83.9 Å². The number of pyridine rings is 1. The number of hydrogen-bond donors (Lipinski definition) is 0. The van der Waals surface area contributed by atoms with Crippen LogP contribution in [0.25, 0.3) is 0 Å². The second-order valence-electron chi connectivity index (χ2n) is 7.80. The number of hydrogen-bond acceptors (Lipinski definition) is 5. The van der Waals surface area contributed by atoms with E-state index in [1.54, 1.807) is 25.4 Å². The number of carbonyl (C=O) groups is 2. The number of amides is 2. The molecule has 0 spiro atoms. The van der Waals surface area contributed by atoms with Gasteiger partial charge in [-0.05, 0) is 37.7 Å². The van der Waals surface area contributed by atoms with E-state index < -0.39 is 0 Å². The molecule has 27 heavy (non-hydrogen) atoms. The summed E-state index contributed by atoms with van der Waals surface area (Å²) in [5.74, 6) is 1.54. The van der Waals surface area contributed by atoms with Crippen molar-refractivity contribution in [2.45, 2.75) is 31.7 Å². The maximum atomic E-state index is 12.8. The third-order valence-corrected chi connectivity index (χ3v) is 5.90. The number of ether oxygens (including phenoxy) is 1. The van der Waals surface area contributed by atoms with Crippen LogP contribution in [-0.2, 0) is 4.79 Å². The number of aromatic nitrogens is 1. The zero-order valence-corrected chi connectivity index (χ0v) is 16.0. The van der Waals surface area contributed by atoms with E-state index in [0.29, 0.717) is 30.4 Å². The van der Waals surface area contributed by atoms with Crippen molar-refractivity contribution in [1.82, 2.24) is 19.7 Å². The van der Waals surface area contributed by atoms with Crippen molar-refractivity contribution in [3.63, 3.8) is 0 Å². The molecular weight excluding hydrogens is 344 g/mol. The minimum Gasteiger partial charge on any atom is -0.481 e. The van der Waals surface area contributed by atoms with Crippen molar-refractivity contribution in [3.8, 4) is 5.88 Å². The van der Waals surface area contributed by atoms with Gasteiger partial charge in [0.25, 0.3) is 5.91 Å². The highest BCUT2D eigenvalue weighted by atomic mass is 16.5. The topological polar surface area (TPSA) is 66.0 Å². The summed E-state index contributed by atoms with van der Waals surface area (Å²) >= 11 is 0. The molecular formula is C20H28N4O3. The molecule has 7 heteroatoms. The van der Waals surface area contributed by atoms with Gasteiger partial charge in [0.05, 0.1) is 18.7 Å². The molecule has 2 amide bonds. The molecule has 1 atom stereocenters. The van der Waals surface area contributed by atoms with Gasteiger partial charge in [0, 0.05) is 51.5 Å². The Morgan fingerprint density at radius 2 is 2.00 bits per heavy atom. The molecule has 7 nitrogen and oxygen atoms in total. The van der Waals surface area contributed by atoms with Crippen LogP contribution in [0, 0.1) is 5.92 Å². The molecule has 0 N–H and O–H groups in total. The molecule has 3 aliphatic rings. The van der Waals surface area contributed by atoms with Gasteiger partial charge in [-0.2, -0.15) is 0 Å². The Balaban J connectivity index is 1.34. The van der Waals surface area contributed by atoms with E-state index in [1.807, 2.05) is 4.90 Å². The Kier molecular flexibility index (Phi) is 5.29. The number of methoxy groups -OCH3 is 1. The van der Waals surface area contributed by atoms with Crippen molar-refractivity contribution in [2.24, 2.45) is 5.92 Å². The SMILES string of the molecule is COc1ccc(C(=O)N2CCCN([C@@H]3CCN(CC4CC4)C3=O)CC2)cn1. The number of nitrogens with zero attached hydrogens (tertiary/aromatic N) is 4. The summed E-state index contributed by atoms with van der Waals surface area (Å²) in [4.78, 5) is 35.9. The lowest BCUT2D eigenvalue weighted by Gasteiger charge is -2.26. The van der Waals surface area contributed by atoms with Crippen LogP contribution < -0.4 is 4.74 Å². The first kappa shape index (κ1) is 18.2. The normalized spacial score (nSPS) is 24.2. The fraction of sp³-hybridized carbons (Fsp3) is 0.650. The Morgan fingerprint density at radius 1 is 1.15 bits per heavy atom. The monoisotopic (exact) mass is 372 g/mol. The van der Waals surface area contributed by atoms with E-state index in [-0.39, 0.29) is 11.9 Å². The molecule has 2 saturated heterocycles. The smallest absolute Gasteiger partial charge is 0.255 e. The van der Waals surface area contributed by atoms with Gasteiger partial charge in [0.1, 0.15) is 0 Å². The fourth-order valence-corrected chi connectivity index (χ4v) is 4.12. The zero-order chi connectivity index (χ0) is 18.8. The van der Waals surface area contributed by atoms with Crippen molar-refractivity contribution >= 4 is 11.8 Å². The van der Waals surface area contributed by atoms with Crippen LogP contribution in [0.2, 0.25) is 0 Å². The maximum Gasteiger partial charge on any atom is 0.255 e. The molecule has 0 radical (unpaired) electrons. The first-order valence-corrected chi connectivity index (χ1v) is 9.98. The van der Waals surface area contributed by atoms with Crippen LogP contribution in [0.4, 0.5) is 0 Å². The van der Waals surface area contributed by atoms with Crippen molar-refractivity contribution in [1.29, 1.82) is 0 Å². The molecule has 0 aromatic carbocycles. The molecule has 1 aliphatic carbocycles. The minimum atomic E-state index is 0.000103. The van der Waals surface area contributed by atoms with Crippen molar-refractivity contribution in [3.05, 3.63) is 23.9 Å². The van der Waals surface area contributed by atoms with Gasteiger partial charge >= 0.3 is 0 Å². The van der Waals surface area contributed by atoms with Gasteiger partial charge < -0.3 is 14.5 Å². The Hall–Kier alpha value is -2.15. The molecule has 146 valence electrons. The van der Waals surface area contributed by atoms with Gasteiger partial charge in [-0.1, -0.05) is 0 Å². The van der Waals surface area contributed by atoms with E-state index in [2.05, 4.69) is 14.8 Å². The predicted molar refractivity (Wildman–Crippen MR) is 101 cm³/mol. The zero-order valence-electron chi connectivity index (χ0n) is 16.0. The van der Waals surface area contributed by atoms with Crippen LogP contribution in [0.15, 0.2) is 18.3 Å². The van der Waals surface area contributed by atoms with Gasteiger partial charge in [-0.3, -0.25) is 14.5 Å². The summed E-state index contributed by atoms with van der Waals surface area (Å²) in [6.45, 7) is 4.82. The van der Waals surface area contributed by atoms with Gasteiger partial charge in [0.15, 0.2) is 0 Å². The summed E-state index contributed by atoms with van der Waals surface area (Å²) < 4.78 is 5.05. The summed E-state index contributed by atoms with van der Waals surface area (Å²) in [7, 11) is 1.56. The van der Waals surface area contributed by atoms with E-state index in [0.717, 1.165) is 44.9 Å². The van der Waals surface area contributed by atoms with Crippen molar-refractivity contribution in [2.75, 3.05) is 46.4 Å². The van der Waals surface area contributed by atoms with Gasteiger partial charge in [-0.15, -0.1) is 0 Å². The molecule has 1 aromatic heterocycles. The van der Waals surface area contributed by atoms with Crippen LogP contribution in [0.1, 0.15) is 36.0 Å². The predicted octanol–water partition coefficient (Wildman–Crippen LogP) is 1.25. The summed E-state index contributed by atoms with van der Waals surface area (Å²) in [6.07, 6.45) is 5.93. The molecule has 0 unspecified atom stereocenters. The maximum absolute atomic E-state index is 12.8. The van der Waals surface area contributed by atoms with Crippen LogP contribution >= 0.6 is 0 Å². The molecule has 1 saturated carbocycles. The van der Waals surface area contributed by atoms with Crippen molar-refractivity contribution < 1.29 is 14.3 Å². The highest BCUT2D eigenvalue weighted by molar-refractivity contribution is 5.94. The molecule has 4 rings (SSSR count). The van der Waals surface area contributed by atoms with Crippen LogP contribution in [0.5, 0.6) is 5.88 Å². The highest BCUT2D eigenvalue weighted by Crippen LogP contribution is 2.31. The lowest BCUT2D eigenvalue weighted by Crippen LogP contribution is -2.44. The van der Waals surface area contributed by atoms with E-state index in [9.17, 15) is 9.59 Å².